The van der Waals surface area contributed by atoms with E-state index in [2.05, 4.69) is 26.1 Å². The highest BCUT2D eigenvalue weighted by Crippen LogP contribution is 2.13. The van der Waals surface area contributed by atoms with Gasteiger partial charge in [0.2, 0.25) is 5.95 Å². The number of amides is 2. The lowest BCUT2D eigenvalue weighted by Gasteiger charge is -2.22. The van der Waals surface area contributed by atoms with E-state index in [-0.39, 0.29) is 11.9 Å². The number of aromatic nitrogens is 2. The monoisotopic (exact) mass is 377 g/mol. The van der Waals surface area contributed by atoms with Gasteiger partial charge in [0.05, 0.1) is 0 Å². The summed E-state index contributed by atoms with van der Waals surface area (Å²) in [6, 6.07) is 3.84. The molecule has 2 rings (SSSR count). The summed E-state index contributed by atoms with van der Waals surface area (Å²) in [7, 11) is 0. The third-order valence-electron chi connectivity index (χ3n) is 3.71. The molecule has 0 saturated heterocycles. The molecule has 0 radical (unpaired) electrons. The van der Waals surface area contributed by atoms with Crippen LogP contribution in [0.25, 0.3) is 0 Å². The van der Waals surface area contributed by atoms with E-state index in [0.29, 0.717) is 11.4 Å². The number of carbonyl (C=O) groups is 2. The van der Waals surface area contributed by atoms with Crippen LogP contribution in [0.3, 0.4) is 0 Å². The Kier molecular flexibility index (Phi) is 6.38. The zero-order valence-electron chi connectivity index (χ0n) is 15.4. The molecule has 9 heteroatoms. The molecule has 2 amide bonds. The molecule has 0 aliphatic heterocycles. The highest BCUT2D eigenvalue weighted by molar-refractivity contribution is 5.98. The van der Waals surface area contributed by atoms with Crippen molar-refractivity contribution < 1.29 is 18.4 Å². The van der Waals surface area contributed by atoms with Crippen molar-refractivity contribution in [1.82, 2.24) is 20.7 Å². The molecule has 0 fully saturated rings. The largest absolute Gasteiger partial charge is 0.340 e. The lowest BCUT2D eigenvalue weighted by atomic mass is 10.0. The quantitative estimate of drug-likeness (QED) is 0.671. The number of anilines is 1. The smallest absolute Gasteiger partial charge is 0.261 e. The molecule has 1 aromatic carbocycles. The number of nitrogens with one attached hydrogen (secondary N) is 3. The Morgan fingerprint density at radius 1 is 1.04 bits per heavy atom. The second kappa shape index (κ2) is 8.52. The van der Waals surface area contributed by atoms with E-state index in [1.165, 1.54) is 0 Å². The Balaban J connectivity index is 2.10. The zero-order chi connectivity index (χ0) is 20.1. The zero-order valence-corrected chi connectivity index (χ0v) is 15.4. The summed E-state index contributed by atoms with van der Waals surface area (Å²) in [5, 5.41) is 2.36. The van der Waals surface area contributed by atoms with E-state index in [1.807, 2.05) is 0 Å². The number of hydrazine groups is 1. The van der Waals surface area contributed by atoms with Crippen LogP contribution in [0.1, 0.15) is 35.6 Å². The van der Waals surface area contributed by atoms with Crippen molar-refractivity contribution in [1.29, 1.82) is 0 Å². The van der Waals surface area contributed by atoms with Crippen LogP contribution in [-0.4, -0.2) is 27.8 Å². The molecule has 0 spiro atoms. The van der Waals surface area contributed by atoms with Gasteiger partial charge in [0.25, 0.3) is 11.8 Å². The van der Waals surface area contributed by atoms with E-state index in [1.54, 1.807) is 33.8 Å². The average molecular weight is 377 g/mol. The van der Waals surface area contributed by atoms with Crippen molar-refractivity contribution in [3.8, 4) is 0 Å². The number of hydrogen-bond donors (Lipinski definition) is 3. The minimum Gasteiger partial charge on any atom is -0.340 e. The third-order valence-corrected chi connectivity index (χ3v) is 3.71. The Bertz CT molecular complexity index is 817. The number of carbonyl (C=O) groups excluding carboxylic acids is 2. The Hall–Kier alpha value is -3.10. The lowest BCUT2D eigenvalue weighted by Crippen LogP contribution is -2.51. The first kappa shape index (κ1) is 20.2. The van der Waals surface area contributed by atoms with Crippen molar-refractivity contribution in [2.24, 2.45) is 5.92 Å². The van der Waals surface area contributed by atoms with Crippen molar-refractivity contribution in [2.75, 3.05) is 5.43 Å². The SMILES string of the molecule is Cc1cc(C)nc(NNC(=O)[C@@H](NC(=O)c2c(F)cccc2F)C(C)C)n1. The summed E-state index contributed by atoms with van der Waals surface area (Å²) < 4.78 is 27.5. The van der Waals surface area contributed by atoms with E-state index in [0.717, 1.165) is 18.2 Å². The van der Waals surface area contributed by atoms with Crippen LogP contribution >= 0.6 is 0 Å². The Morgan fingerprint density at radius 3 is 2.11 bits per heavy atom. The maximum Gasteiger partial charge on any atom is 0.261 e. The van der Waals surface area contributed by atoms with Crippen LogP contribution in [0.4, 0.5) is 14.7 Å². The summed E-state index contributed by atoms with van der Waals surface area (Å²) in [4.78, 5) is 32.9. The standard InChI is InChI=1S/C18H21F2N5O2/c1-9(2)15(23-16(26)14-12(19)6-5-7-13(14)20)17(27)24-25-18-21-10(3)8-11(4)22-18/h5-9,15H,1-4H3,(H,23,26)(H,24,27)(H,21,22,25)/t15-/m0/s1. The minimum atomic E-state index is -1.03. The first-order chi connectivity index (χ1) is 12.7. The van der Waals surface area contributed by atoms with Gasteiger partial charge in [0, 0.05) is 11.4 Å². The van der Waals surface area contributed by atoms with Gasteiger partial charge in [-0.2, -0.15) is 0 Å². The normalized spacial score (nSPS) is 11.8. The molecule has 0 aliphatic carbocycles. The molecular formula is C18H21F2N5O2. The number of nitrogens with zero attached hydrogens (tertiary/aromatic N) is 2. The third kappa shape index (κ3) is 5.19. The maximum atomic E-state index is 13.8. The molecule has 3 N–H and O–H groups in total. The Morgan fingerprint density at radius 2 is 1.59 bits per heavy atom. The van der Waals surface area contributed by atoms with Crippen LogP contribution in [0.15, 0.2) is 24.3 Å². The fraction of sp³-hybridized carbons (Fsp3) is 0.333. The highest BCUT2D eigenvalue weighted by atomic mass is 19.1. The minimum absolute atomic E-state index is 0.190. The molecule has 144 valence electrons. The van der Waals surface area contributed by atoms with Crippen molar-refractivity contribution in [2.45, 2.75) is 33.7 Å². The molecule has 1 aromatic heterocycles. The topological polar surface area (TPSA) is 96.0 Å². The van der Waals surface area contributed by atoms with Gasteiger partial charge in [-0.3, -0.25) is 20.4 Å². The molecule has 0 saturated carbocycles. The number of hydrogen-bond acceptors (Lipinski definition) is 5. The number of aryl methyl sites for hydroxylation is 2. The summed E-state index contributed by atoms with van der Waals surface area (Å²) >= 11 is 0. The number of halogens is 2. The number of rotatable bonds is 6. The molecule has 27 heavy (non-hydrogen) atoms. The summed E-state index contributed by atoms with van der Waals surface area (Å²) in [6.45, 7) is 6.94. The van der Waals surface area contributed by atoms with E-state index in [4.69, 9.17) is 0 Å². The van der Waals surface area contributed by atoms with Gasteiger partial charge in [-0.15, -0.1) is 0 Å². The predicted octanol–water partition coefficient (Wildman–Crippen LogP) is 2.27. The van der Waals surface area contributed by atoms with Gasteiger partial charge in [0.15, 0.2) is 0 Å². The van der Waals surface area contributed by atoms with Gasteiger partial charge < -0.3 is 5.32 Å². The lowest BCUT2D eigenvalue weighted by molar-refractivity contribution is -0.123. The van der Waals surface area contributed by atoms with Gasteiger partial charge >= 0.3 is 0 Å². The van der Waals surface area contributed by atoms with Gasteiger partial charge in [0.1, 0.15) is 23.2 Å². The summed E-state index contributed by atoms with van der Waals surface area (Å²) in [5.41, 5.74) is 5.67. The molecule has 0 aliphatic rings. The van der Waals surface area contributed by atoms with E-state index < -0.39 is 35.1 Å². The fourth-order valence-electron chi connectivity index (χ4n) is 2.44. The molecule has 0 unspecified atom stereocenters. The molecule has 1 heterocycles. The van der Waals surface area contributed by atoms with Crippen LogP contribution in [0.5, 0.6) is 0 Å². The van der Waals surface area contributed by atoms with Gasteiger partial charge in [-0.1, -0.05) is 19.9 Å². The van der Waals surface area contributed by atoms with Gasteiger partial charge in [-0.05, 0) is 38.0 Å². The average Bonchev–Trinajstić information content (AvgIpc) is 2.56. The van der Waals surface area contributed by atoms with Crippen LogP contribution in [0, 0.1) is 31.4 Å². The first-order valence-electron chi connectivity index (χ1n) is 8.32. The van der Waals surface area contributed by atoms with Crippen molar-refractivity contribution in [3.05, 3.63) is 52.9 Å². The molecular weight excluding hydrogens is 356 g/mol. The fourth-order valence-corrected chi connectivity index (χ4v) is 2.44. The van der Waals surface area contributed by atoms with Crippen LogP contribution in [-0.2, 0) is 4.79 Å². The van der Waals surface area contributed by atoms with E-state index >= 15 is 0 Å². The van der Waals surface area contributed by atoms with Crippen LogP contribution < -0.4 is 16.2 Å². The predicted molar refractivity (Wildman–Crippen MR) is 95.7 cm³/mol. The van der Waals surface area contributed by atoms with Gasteiger partial charge in [-0.25, -0.2) is 18.7 Å². The second-order valence-corrected chi connectivity index (χ2v) is 6.38. The van der Waals surface area contributed by atoms with Crippen LogP contribution in [0.2, 0.25) is 0 Å². The molecule has 1 atom stereocenters. The molecule has 0 bridgehead atoms. The summed E-state index contributed by atoms with van der Waals surface area (Å²) in [6.07, 6.45) is 0. The van der Waals surface area contributed by atoms with E-state index in [9.17, 15) is 18.4 Å². The second-order valence-electron chi connectivity index (χ2n) is 6.38. The van der Waals surface area contributed by atoms with Crippen molar-refractivity contribution in [3.63, 3.8) is 0 Å². The molecule has 7 nitrogen and oxygen atoms in total. The van der Waals surface area contributed by atoms with Crippen molar-refractivity contribution >= 4 is 17.8 Å². The summed E-state index contributed by atoms with van der Waals surface area (Å²) in [5.74, 6) is -3.77. The highest BCUT2D eigenvalue weighted by Gasteiger charge is 2.27. The molecule has 2 aromatic rings. The number of benzene rings is 1. The Labute approximate surface area is 155 Å². The maximum absolute atomic E-state index is 13.8. The first-order valence-corrected chi connectivity index (χ1v) is 8.32.